The minimum Gasteiger partial charge on any atom is -0.393 e. The molecule has 1 heterocycles. The van der Waals surface area contributed by atoms with Crippen molar-refractivity contribution in [1.29, 1.82) is 0 Å². The van der Waals surface area contributed by atoms with Crippen LogP contribution in [0.2, 0.25) is 0 Å². The van der Waals surface area contributed by atoms with Crippen molar-refractivity contribution in [3.05, 3.63) is 35.9 Å². The first-order chi connectivity index (χ1) is 12.2. The molecule has 1 unspecified atom stereocenters. The molecule has 5 heteroatoms. The summed E-state index contributed by atoms with van der Waals surface area (Å²) in [5.41, 5.74) is 1.39. The van der Waals surface area contributed by atoms with Gasteiger partial charge in [0.25, 0.3) is 0 Å². The van der Waals surface area contributed by atoms with Gasteiger partial charge >= 0.3 is 6.03 Å². The number of nitrogens with one attached hydrogen (secondary N) is 2. The number of hydrogen-bond donors (Lipinski definition) is 3. The molecule has 1 saturated carbocycles. The Kier molecular flexibility index (Phi) is 6.70. The zero-order valence-electron chi connectivity index (χ0n) is 15.0. The molecular weight excluding hydrogens is 314 g/mol. The van der Waals surface area contributed by atoms with E-state index in [1.165, 1.54) is 5.56 Å². The molecule has 1 aliphatic carbocycles. The number of benzene rings is 1. The highest BCUT2D eigenvalue weighted by Gasteiger charge is 2.24. The Hall–Kier alpha value is -1.59. The van der Waals surface area contributed by atoms with E-state index < -0.39 is 0 Å². The Labute approximate surface area is 150 Å². The van der Waals surface area contributed by atoms with E-state index in [0.29, 0.717) is 5.92 Å². The fraction of sp³-hybridized carbons (Fsp3) is 0.650. The number of aliphatic hydroxyl groups excluding tert-OH is 1. The van der Waals surface area contributed by atoms with Crippen LogP contribution in [0.3, 0.4) is 0 Å². The second kappa shape index (κ2) is 9.20. The molecular formula is C20H31N3O2. The summed E-state index contributed by atoms with van der Waals surface area (Å²) in [5, 5.41) is 15.6. The summed E-state index contributed by atoms with van der Waals surface area (Å²) in [6.07, 6.45) is 5.42. The molecule has 3 rings (SSSR count). The summed E-state index contributed by atoms with van der Waals surface area (Å²) in [6.45, 7) is 4.05. The monoisotopic (exact) mass is 345 g/mol. The van der Waals surface area contributed by atoms with E-state index in [4.69, 9.17) is 0 Å². The van der Waals surface area contributed by atoms with Crippen molar-refractivity contribution >= 4 is 6.03 Å². The third-order valence-corrected chi connectivity index (χ3v) is 5.51. The molecule has 0 spiro atoms. The van der Waals surface area contributed by atoms with Gasteiger partial charge in [0.2, 0.25) is 0 Å². The third kappa shape index (κ3) is 6.01. The normalized spacial score (nSPS) is 27.2. The van der Waals surface area contributed by atoms with Gasteiger partial charge < -0.3 is 20.6 Å². The van der Waals surface area contributed by atoms with Crippen LogP contribution in [0.4, 0.5) is 4.79 Å². The van der Waals surface area contributed by atoms with Crippen LogP contribution in [0.25, 0.3) is 0 Å². The number of carbonyl (C=O) groups excluding carboxylic acids is 1. The minimum atomic E-state index is -0.179. The Morgan fingerprint density at radius 2 is 1.88 bits per heavy atom. The van der Waals surface area contributed by atoms with Crippen LogP contribution in [-0.2, 0) is 6.42 Å². The second-order valence-electron chi connectivity index (χ2n) is 7.55. The quantitative estimate of drug-likeness (QED) is 0.740. The van der Waals surface area contributed by atoms with Crippen molar-refractivity contribution in [2.75, 3.05) is 26.2 Å². The molecule has 138 valence electrons. The van der Waals surface area contributed by atoms with Crippen molar-refractivity contribution < 1.29 is 9.90 Å². The fourth-order valence-corrected chi connectivity index (χ4v) is 3.91. The molecule has 5 nitrogen and oxygen atoms in total. The maximum Gasteiger partial charge on any atom is 0.315 e. The van der Waals surface area contributed by atoms with Gasteiger partial charge in [0, 0.05) is 25.7 Å². The maximum absolute atomic E-state index is 12.0. The van der Waals surface area contributed by atoms with Crippen molar-refractivity contribution in [2.24, 2.45) is 5.92 Å². The van der Waals surface area contributed by atoms with Gasteiger partial charge in [-0.1, -0.05) is 30.3 Å². The van der Waals surface area contributed by atoms with Crippen molar-refractivity contribution in [1.82, 2.24) is 15.5 Å². The molecule has 0 radical (unpaired) electrons. The molecule has 25 heavy (non-hydrogen) atoms. The zero-order chi connectivity index (χ0) is 17.5. The minimum absolute atomic E-state index is 0.0517. The Bertz CT molecular complexity index is 529. The molecule has 1 aromatic rings. The number of nitrogens with zero attached hydrogens (tertiary/aromatic N) is 1. The SMILES string of the molecule is O=C(NCC1CCN(CCc2ccccc2)C1)NC1CCC(O)CC1. The average molecular weight is 345 g/mol. The standard InChI is InChI=1S/C20H31N3O2/c24-19-8-6-18(7-9-19)22-20(25)21-14-17-11-13-23(15-17)12-10-16-4-2-1-3-5-16/h1-5,17-19,24H,6-15H2,(H2,21,22,25). The predicted molar refractivity (Wildman–Crippen MR) is 99.5 cm³/mol. The summed E-state index contributed by atoms with van der Waals surface area (Å²) in [4.78, 5) is 14.5. The molecule has 3 N–H and O–H groups in total. The molecule has 2 fully saturated rings. The number of rotatable bonds is 6. The van der Waals surface area contributed by atoms with Crippen LogP contribution >= 0.6 is 0 Å². The lowest BCUT2D eigenvalue weighted by Gasteiger charge is -2.26. The first-order valence-electron chi connectivity index (χ1n) is 9.68. The number of aliphatic hydroxyl groups is 1. The van der Waals surface area contributed by atoms with Crippen LogP contribution in [0, 0.1) is 5.92 Å². The van der Waals surface area contributed by atoms with Crippen LogP contribution < -0.4 is 10.6 Å². The lowest BCUT2D eigenvalue weighted by atomic mass is 9.93. The van der Waals surface area contributed by atoms with Crippen LogP contribution in [0.5, 0.6) is 0 Å². The van der Waals surface area contributed by atoms with Gasteiger partial charge in [-0.05, 0) is 56.6 Å². The topological polar surface area (TPSA) is 64.6 Å². The molecule has 1 atom stereocenters. The smallest absolute Gasteiger partial charge is 0.315 e. The molecule has 1 aromatic carbocycles. The highest BCUT2D eigenvalue weighted by atomic mass is 16.3. The summed E-state index contributed by atoms with van der Waals surface area (Å²) in [5.74, 6) is 0.551. The lowest BCUT2D eigenvalue weighted by Crippen LogP contribution is -2.45. The first kappa shape index (κ1) is 18.2. The Balaban J connectivity index is 1.29. The fourth-order valence-electron chi connectivity index (χ4n) is 3.91. The van der Waals surface area contributed by atoms with Gasteiger partial charge in [0.05, 0.1) is 6.10 Å². The van der Waals surface area contributed by atoms with E-state index in [1.54, 1.807) is 0 Å². The lowest BCUT2D eigenvalue weighted by molar-refractivity contribution is 0.117. The molecule has 0 bridgehead atoms. The highest BCUT2D eigenvalue weighted by Crippen LogP contribution is 2.18. The number of carbonyl (C=O) groups is 1. The van der Waals surface area contributed by atoms with Gasteiger partial charge in [-0.3, -0.25) is 0 Å². The van der Waals surface area contributed by atoms with E-state index in [9.17, 15) is 9.90 Å². The van der Waals surface area contributed by atoms with Gasteiger partial charge in [-0.25, -0.2) is 4.79 Å². The van der Waals surface area contributed by atoms with Crippen molar-refractivity contribution in [2.45, 2.75) is 50.7 Å². The largest absolute Gasteiger partial charge is 0.393 e. The summed E-state index contributed by atoms with van der Waals surface area (Å²) >= 11 is 0. The molecule has 1 aliphatic heterocycles. The number of hydrogen-bond acceptors (Lipinski definition) is 3. The van der Waals surface area contributed by atoms with Gasteiger partial charge in [-0.2, -0.15) is 0 Å². The van der Waals surface area contributed by atoms with Crippen LogP contribution in [-0.4, -0.2) is 54.4 Å². The first-order valence-corrected chi connectivity index (χ1v) is 9.68. The Morgan fingerprint density at radius 1 is 1.12 bits per heavy atom. The van der Waals surface area contributed by atoms with E-state index >= 15 is 0 Å². The summed E-state index contributed by atoms with van der Waals surface area (Å²) in [6, 6.07) is 10.8. The van der Waals surface area contributed by atoms with Crippen molar-refractivity contribution in [3.63, 3.8) is 0 Å². The second-order valence-corrected chi connectivity index (χ2v) is 7.55. The van der Waals surface area contributed by atoms with Gasteiger partial charge in [0.1, 0.15) is 0 Å². The molecule has 2 amide bonds. The number of urea groups is 1. The maximum atomic E-state index is 12.0. The summed E-state index contributed by atoms with van der Waals surface area (Å²) in [7, 11) is 0. The zero-order valence-corrected chi connectivity index (χ0v) is 15.0. The number of likely N-dealkylation sites (tertiary alicyclic amines) is 1. The van der Waals surface area contributed by atoms with Crippen LogP contribution in [0.1, 0.15) is 37.7 Å². The Morgan fingerprint density at radius 3 is 2.64 bits per heavy atom. The molecule has 2 aliphatic rings. The summed E-state index contributed by atoms with van der Waals surface area (Å²) < 4.78 is 0. The third-order valence-electron chi connectivity index (χ3n) is 5.51. The molecule has 0 aromatic heterocycles. The van der Waals surface area contributed by atoms with E-state index in [-0.39, 0.29) is 18.2 Å². The molecule has 1 saturated heterocycles. The highest BCUT2D eigenvalue weighted by molar-refractivity contribution is 5.74. The van der Waals surface area contributed by atoms with Crippen LogP contribution in [0.15, 0.2) is 30.3 Å². The van der Waals surface area contributed by atoms with E-state index in [2.05, 4.69) is 45.9 Å². The van der Waals surface area contributed by atoms with E-state index in [0.717, 1.165) is 64.7 Å². The van der Waals surface area contributed by atoms with Crippen molar-refractivity contribution in [3.8, 4) is 0 Å². The van der Waals surface area contributed by atoms with Gasteiger partial charge in [0.15, 0.2) is 0 Å². The number of amides is 2. The predicted octanol–water partition coefficient (Wildman–Crippen LogP) is 2.15. The van der Waals surface area contributed by atoms with E-state index in [1.807, 2.05) is 0 Å². The average Bonchev–Trinajstić information content (AvgIpc) is 3.09. The van der Waals surface area contributed by atoms with Gasteiger partial charge in [-0.15, -0.1) is 0 Å².